The van der Waals surface area contributed by atoms with E-state index in [1.54, 1.807) is 12.1 Å². The number of benzene rings is 2. The second-order valence-electron chi connectivity index (χ2n) is 8.32. The number of rotatable bonds is 9. The average Bonchev–Trinajstić information content (AvgIpc) is 3.21. The zero-order chi connectivity index (χ0) is 21.7. The lowest BCUT2D eigenvalue weighted by Crippen LogP contribution is -2.49. The third-order valence-corrected chi connectivity index (χ3v) is 8.71. The number of nitrogens with zero attached hydrogens (tertiary/aromatic N) is 1. The highest BCUT2D eigenvalue weighted by atomic mass is 32.2. The van der Waals surface area contributed by atoms with Crippen molar-refractivity contribution in [3.8, 4) is 0 Å². The van der Waals surface area contributed by atoms with Gasteiger partial charge in [-0.25, -0.2) is 4.39 Å². The van der Waals surface area contributed by atoms with E-state index in [0.29, 0.717) is 17.3 Å². The summed E-state index contributed by atoms with van der Waals surface area (Å²) in [6.07, 6.45) is 3.75. The predicted octanol–water partition coefficient (Wildman–Crippen LogP) is 5.65. The molecule has 1 fully saturated rings. The maximum Gasteiger partial charge on any atom is 0.123 e. The van der Waals surface area contributed by atoms with E-state index in [2.05, 4.69) is 41.5 Å². The Morgan fingerprint density at radius 2 is 1.87 bits per heavy atom. The molecule has 0 bridgehead atoms. The summed E-state index contributed by atoms with van der Waals surface area (Å²) in [7, 11) is -1.20. The van der Waals surface area contributed by atoms with Crippen molar-refractivity contribution < 1.29 is 13.3 Å². The lowest BCUT2D eigenvalue weighted by atomic mass is 9.92. The molecule has 0 spiro atoms. The zero-order valence-corrected chi connectivity index (χ0v) is 19.7. The standard InChI is InChI=1S/C25H30FNO2S2/c1-2-17-29-25(19-31(28)22-9-7-21(26)8-10-22)12-15-27(16-13-25)14-11-20-18-30-24-6-4-3-5-23(20)24/h3-10,18H,2,11-17,19H2,1H3. The number of likely N-dealkylation sites (tertiary alicyclic amines) is 1. The van der Waals surface area contributed by atoms with Gasteiger partial charge in [-0.1, -0.05) is 25.1 Å². The fourth-order valence-electron chi connectivity index (χ4n) is 4.25. The molecule has 1 saturated heterocycles. The van der Waals surface area contributed by atoms with E-state index in [1.807, 2.05) is 11.3 Å². The molecule has 1 aliphatic rings. The molecule has 31 heavy (non-hydrogen) atoms. The van der Waals surface area contributed by atoms with Crippen molar-refractivity contribution in [2.24, 2.45) is 0 Å². The van der Waals surface area contributed by atoms with Crippen LogP contribution in [0.25, 0.3) is 10.1 Å². The van der Waals surface area contributed by atoms with Crippen molar-refractivity contribution in [3.63, 3.8) is 0 Å². The van der Waals surface area contributed by atoms with Crippen LogP contribution in [0.4, 0.5) is 4.39 Å². The minimum absolute atomic E-state index is 0.301. The summed E-state index contributed by atoms with van der Waals surface area (Å²) in [6, 6.07) is 14.6. The first kappa shape index (κ1) is 22.6. The first-order valence-electron chi connectivity index (χ1n) is 11.0. The number of fused-ring (bicyclic) bond motifs is 1. The highest BCUT2D eigenvalue weighted by Gasteiger charge is 2.37. The van der Waals surface area contributed by atoms with Crippen molar-refractivity contribution in [2.45, 2.75) is 43.1 Å². The summed E-state index contributed by atoms with van der Waals surface area (Å²) < 4.78 is 33.9. The van der Waals surface area contributed by atoms with Gasteiger partial charge in [-0.15, -0.1) is 11.3 Å². The van der Waals surface area contributed by atoms with Gasteiger partial charge in [0.1, 0.15) is 5.82 Å². The molecule has 3 nitrogen and oxygen atoms in total. The zero-order valence-electron chi connectivity index (χ0n) is 18.0. The van der Waals surface area contributed by atoms with Crippen LogP contribution in [-0.2, 0) is 22.0 Å². The molecule has 2 aromatic carbocycles. The Morgan fingerprint density at radius 3 is 2.61 bits per heavy atom. The van der Waals surface area contributed by atoms with E-state index in [0.717, 1.165) is 45.3 Å². The van der Waals surface area contributed by atoms with Crippen LogP contribution in [-0.4, -0.2) is 46.7 Å². The largest absolute Gasteiger partial charge is 0.374 e. The molecule has 6 heteroatoms. The van der Waals surface area contributed by atoms with Crippen LogP contribution in [0.2, 0.25) is 0 Å². The van der Waals surface area contributed by atoms with E-state index < -0.39 is 10.8 Å². The van der Waals surface area contributed by atoms with Gasteiger partial charge in [0.05, 0.1) is 22.2 Å². The van der Waals surface area contributed by atoms with Crippen LogP contribution < -0.4 is 0 Å². The third-order valence-electron chi connectivity index (χ3n) is 6.11. The molecule has 2 heterocycles. The maximum absolute atomic E-state index is 13.2. The fraction of sp³-hybridized carbons (Fsp3) is 0.440. The summed E-state index contributed by atoms with van der Waals surface area (Å²) in [5.41, 5.74) is 1.07. The van der Waals surface area contributed by atoms with Crippen LogP contribution in [0.1, 0.15) is 31.7 Å². The van der Waals surface area contributed by atoms with Gasteiger partial charge < -0.3 is 9.64 Å². The average molecular weight is 460 g/mol. The second kappa shape index (κ2) is 10.3. The quantitative estimate of drug-likeness (QED) is 0.414. The molecule has 0 N–H and O–H groups in total. The van der Waals surface area contributed by atoms with Crippen molar-refractivity contribution in [3.05, 3.63) is 65.3 Å². The van der Waals surface area contributed by atoms with E-state index in [1.165, 1.54) is 27.8 Å². The summed E-state index contributed by atoms with van der Waals surface area (Å²) >= 11 is 1.82. The van der Waals surface area contributed by atoms with Gasteiger partial charge in [0.25, 0.3) is 0 Å². The Kier molecular flexibility index (Phi) is 7.54. The third kappa shape index (κ3) is 5.61. The van der Waals surface area contributed by atoms with Crippen LogP contribution in [0.3, 0.4) is 0 Å². The van der Waals surface area contributed by atoms with Gasteiger partial charge in [-0.05, 0) is 72.3 Å². The van der Waals surface area contributed by atoms with Crippen molar-refractivity contribution >= 4 is 32.2 Å². The van der Waals surface area contributed by atoms with Crippen LogP contribution >= 0.6 is 11.3 Å². The molecule has 1 atom stereocenters. The number of piperidine rings is 1. The molecule has 0 aliphatic carbocycles. The highest BCUT2D eigenvalue weighted by Crippen LogP contribution is 2.31. The van der Waals surface area contributed by atoms with E-state index in [9.17, 15) is 8.60 Å². The van der Waals surface area contributed by atoms with E-state index in [4.69, 9.17) is 4.74 Å². The summed E-state index contributed by atoms with van der Waals surface area (Å²) in [5.74, 6) is 0.172. The number of thiophene rings is 1. The van der Waals surface area contributed by atoms with Crippen LogP contribution in [0.15, 0.2) is 58.8 Å². The molecule has 0 amide bonds. The van der Waals surface area contributed by atoms with Gasteiger partial charge >= 0.3 is 0 Å². The molecule has 3 aromatic rings. The maximum atomic E-state index is 13.2. The van der Waals surface area contributed by atoms with Gasteiger partial charge in [0.15, 0.2) is 0 Å². The molecule has 0 saturated carbocycles. The Morgan fingerprint density at radius 1 is 1.13 bits per heavy atom. The van der Waals surface area contributed by atoms with E-state index >= 15 is 0 Å². The molecule has 4 rings (SSSR count). The summed E-state index contributed by atoms with van der Waals surface area (Å²) in [5, 5.41) is 3.66. The first-order valence-corrected chi connectivity index (χ1v) is 13.2. The van der Waals surface area contributed by atoms with Crippen molar-refractivity contribution in [1.82, 2.24) is 4.90 Å². The minimum atomic E-state index is -1.20. The normalized spacial score (nSPS) is 17.7. The van der Waals surface area contributed by atoms with Gasteiger partial charge in [-0.2, -0.15) is 0 Å². The highest BCUT2D eigenvalue weighted by molar-refractivity contribution is 7.85. The number of hydrogen-bond acceptors (Lipinski definition) is 4. The van der Waals surface area contributed by atoms with Gasteiger partial charge in [0.2, 0.25) is 0 Å². The topological polar surface area (TPSA) is 29.5 Å². The first-order chi connectivity index (χ1) is 15.1. The fourth-order valence-corrected chi connectivity index (χ4v) is 6.70. The molecular formula is C25H30FNO2S2. The number of ether oxygens (including phenoxy) is 1. The Bertz CT molecular complexity index is 1010. The molecule has 1 aromatic heterocycles. The van der Waals surface area contributed by atoms with Crippen LogP contribution in [0.5, 0.6) is 0 Å². The SMILES string of the molecule is CCCOC1(CS(=O)c2ccc(F)cc2)CCN(CCc2csc3ccccc23)CC1. The molecule has 1 aliphatic heterocycles. The molecule has 0 radical (unpaired) electrons. The number of hydrogen-bond donors (Lipinski definition) is 0. The Labute approximate surface area is 190 Å². The molecular weight excluding hydrogens is 429 g/mol. The monoisotopic (exact) mass is 459 g/mol. The summed E-state index contributed by atoms with van der Waals surface area (Å²) in [6.45, 7) is 5.72. The number of halogens is 1. The lowest BCUT2D eigenvalue weighted by Gasteiger charge is -2.41. The Hall–Kier alpha value is -1.60. The molecule has 1 unspecified atom stereocenters. The minimum Gasteiger partial charge on any atom is -0.374 e. The second-order valence-corrected chi connectivity index (χ2v) is 10.7. The van der Waals surface area contributed by atoms with Crippen molar-refractivity contribution in [1.29, 1.82) is 0 Å². The van der Waals surface area contributed by atoms with Crippen LogP contribution in [0, 0.1) is 5.82 Å². The lowest BCUT2D eigenvalue weighted by molar-refractivity contribution is -0.0674. The van der Waals surface area contributed by atoms with E-state index in [-0.39, 0.29) is 11.4 Å². The van der Waals surface area contributed by atoms with Gasteiger partial charge in [0, 0.05) is 35.8 Å². The summed E-state index contributed by atoms with van der Waals surface area (Å²) in [4.78, 5) is 3.17. The Balaban J connectivity index is 1.36. The smallest absolute Gasteiger partial charge is 0.123 e. The molecule has 166 valence electrons. The predicted molar refractivity (Wildman–Crippen MR) is 128 cm³/mol. The van der Waals surface area contributed by atoms with Crippen molar-refractivity contribution in [2.75, 3.05) is 32.0 Å². The van der Waals surface area contributed by atoms with Gasteiger partial charge in [-0.3, -0.25) is 4.21 Å².